The lowest BCUT2D eigenvalue weighted by Crippen LogP contribution is -2.36. The molecule has 6 heteroatoms. The van der Waals surface area contributed by atoms with Crippen molar-refractivity contribution in [2.45, 2.75) is 58.8 Å². The highest BCUT2D eigenvalue weighted by atomic mass is 35.5. The zero-order chi connectivity index (χ0) is 25.8. The molecule has 0 unspecified atom stereocenters. The Balaban J connectivity index is 1.72. The topological polar surface area (TPSA) is 64.6 Å². The number of rotatable bonds is 8. The van der Waals surface area contributed by atoms with Crippen LogP contribution in [-0.4, -0.2) is 25.0 Å². The molecule has 2 atom stereocenters. The molecule has 1 aliphatic carbocycles. The fourth-order valence-electron chi connectivity index (χ4n) is 4.91. The van der Waals surface area contributed by atoms with Gasteiger partial charge in [-0.05, 0) is 67.0 Å². The minimum absolute atomic E-state index is 0.0432. The van der Waals surface area contributed by atoms with Gasteiger partial charge in [-0.1, -0.05) is 56.6 Å². The second-order valence-electron chi connectivity index (χ2n) is 9.98. The van der Waals surface area contributed by atoms with E-state index in [-0.39, 0.29) is 23.6 Å². The standard InChI is InChI=1S/C30H34ClNO4/c1-5-14-35-24-12-8-21(9-13-24)28-27(30(34)36-17-18(2)3)19(4)32-25-15-22(16-26(33)29(25)28)20-6-10-23(31)11-7-20/h6-13,18,22,28,32H,5,14-17H2,1-4H3/t22-,28+/m0/s1. The number of allylic oxidation sites excluding steroid dienone is 3. The first-order chi connectivity index (χ1) is 17.3. The molecule has 2 aromatic rings. The van der Waals surface area contributed by atoms with Crippen LogP contribution in [0.15, 0.2) is 71.1 Å². The van der Waals surface area contributed by atoms with Gasteiger partial charge < -0.3 is 14.8 Å². The van der Waals surface area contributed by atoms with E-state index in [0.717, 1.165) is 34.7 Å². The van der Waals surface area contributed by atoms with Gasteiger partial charge in [-0.25, -0.2) is 4.79 Å². The molecule has 0 radical (unpaired) electrons. The molecule has 0 bridgehead atoms. The minimum Gasteiger partial charge on any atom is -0.494 e. The Morgan fingerprint density at radius 2 is 1.72 bits per heavy atom. The Bertz CT molecular complexity index is 1180. The predicted octanol–water partition coefficient (Wildman–Crippen LogP) is 6.69. The van der Waals surface area contributed by atoms with E-state index in [9.17, 15) is 9.59 Å². The second-order valence-corrected chi connectivity index (χ2v) is 10.4. The maximum atomic E-state index is 13.7. The number of Topliss-reactive ketones (excluding diaryl/α,β-unsaturated/α-hetero) is 1. The number of carbonyl (C=O) groups excluding carboxylic acids is 2. The SMILES string of the molecule is CCCOc1ccc([C@@H]2C(C(=O)OCC(C)C)=C(C)NC3=C2C(=O)C[C@@H](c2ccc(Cl)cc2)C3)cc1. The molecule has 0 aromatic heterocycles. The van der Waals surface area contributed by atoms with Gasteiger partial charge in [0.15, 0.2) is 5.78 Å². The largest absolute Gasteiger partial charge is 0.494 e. The van der Waals surface area contributed by atoms with E-state index in [4.69, 9.17) is 21.1 Å². The number of hydrogen-bond donors (Lipinski definition) is 1. The van der Waals surface area contributed by atoms with Crippen molar-refractivity contribution in [2.24, 2.45) is 5.92 Å². The van der Waals surface area contributed by atoms with Crippen molar-refractivity contribution in [3.8, 4) is 5.75 Å². The Kier molecular flexibility index (Phi) is 8.20. The van der Waals surface area contributed by atoms with Gasteiger partial charge >= 0.3 is 5.97 Å². The average molecular weight is 508 g/mol. The maximum absolute atomic E-state index is 13.7. The first kappa shape index (κ1) is 26.0. The van der Waals surface area contributed by atoms with Crippen LogP contribution in [0.5, 0.6) is 5.75 Å². The van der Waals surface area contributed by atoms with Crippen molar-refractivity contribution in [3.05, 3.63) is 87.2 Å². The van der Waals surface area contributed by atoms with Gasteiger partial charge in [0, 0.05) is 34.3 Å². The number of ketones is 1. The van der Waals surface area contributed by atoms with Crippen LogP contribution in [0.3, 0.4) is 0 Å². The summed E-state index contributed by atoms with van der Waals surface area (Å²) in [4.78, 5) is 27.0. The number of dihydropyridines is 1. The summed E-state index contributed by atoms with van der Waals surface area (Å²) in [5.74, 6) is 0.205. The third-order valence-electron chi connectivity index (χ3n) is 6.62. The summed E-state index contributed by atoms with van der Waals surface area (Å²) in [6.45, 7) is 8.91. The number of halogens is 1. The predicted molar refractivity (Wildman–Crippen MR) is 142 cm³/mol. The molecule has 0 amide bonds. The molecular formula is C30H34ClNO4. The summed E-state index contributed by atoms with van der Waals surface area (Å²) in [7, 11) is 0. The third kappa shape index (κ3) is 5.67. The molecule has 1 aliphatic heterocycles. The molecule has 0 spiro atoms. The first-order valence-corrected chi connectivity index (χ1v) is 13.1. The highest BCUT2D eigenvalue weighted by Gasteiger charge is 2.41. The zero-order valence-electron chi connectivity index (χ0n) is 21.4. The Morgan fingerprint density at radius 1 is 1.06 bits per heavy atom. The summed E-state index contributed by atoms with van der Waals surface area (Å²) >= 11 is 6.08. The van der Waals surface area contributed by atoms with Crippen LogP contribution in [0.1, 0.15) is 69.9 Å². The quantitative estimate of drug-likeness (QED) is 0.403. The van der Waals surface area contributed by atoms with Crippen LogP contribution in [0.4, 0.5) is 0 Å². The summed E-state index contributed by atoms with van der Waals surface area (Å²) in [5.41, 5.74) is 4.71. The molecule has 4 rings (SSSR count). The monoisotopic (exact) mass is 507 g/mol. The Labute approximate surface area is 218 Å². The molecule has 1 N–H and O–H groups in total. The highest BCUT2D eigenvalue weighted by molar-refractivity contribution is 6.30. The van der Waals surface area contributed by atoms with Gasteiger partial charge in [0.2, 0.25) is 0 Å². The summed E-state index contributed by atoms with van der Waals surface area (Å²) in [5, 5.41) is 4.08. The molecule has 36 heavy (non-hydrogen) atoms. The third-order valence-corrected chi connectivity index (χ3v) is 6.87. The van der Waals surface area contributed by atoms with Crippen LogP contribution in [0.25, 0.3) is 0 Å². The van der Waals surface area contributed by atoms with Crippen molar-refractivity contribution in [1.29, 1.82) is 0 Å². The lowest BCUT2D eigenvalue weighted by Gasteiger charge is -2.36. The zero-order valence-corrected chi connectivity index (χ0v) is 22.2. The van der Waals surface area contributed by atoms with Crippen LogP contribution < -0.4 is 10.1 Å². The Hall–Kier alpha value is -3.05. The second kappa shape index (κ2) is 11.3. The smallest absolute Gasteiger partial charge is 0.336 e. The van der Waals surface area contributed by atoms with Gasteiger partial charge in [-0.15, -0.1) is 0 Å². The highest BCUT2D eigenvalue weighted by Crippen LogP contribution is 2.46. The van der Waals surface area contributed by atoms with Gasteiger partial charge in [0.1, 0.15) is 5.75 Å². The summed E-state index contributed by atoms with van der Waals surface area (Å²) in [6, 6.07) is 15.4. The molecule has 1 heterocycles. The maximum Gasteiger partial charge on any atom is 0.336 e. The summed E-state index contributed by atoms with van der Waals surface area (Å²) in [6.07, 6.45) is 1.98. The fraction of sp³-hybridized carbons (Fsp3) is 0.400. The van der Waals surface area contributed by atoms with Gasteiger partial charge in [0.25, 0.3) is 0 Å². The molecule has 5 nitrogen and oxygen atoms in total. The van der Waals surface area contributed by atoms with E-state index < -0.39 is 5.92 Å². The molecule has 0 fully saturated rings. The van der Waals surface area contributed by atoms with E-state index in [1.54, 1.807) is 0 Å². The van der Waals surface area contributed by atoms with Crippen LogP contribution in [0, 0.1) is 5.92 Å². The van der Waals surface area contributed by atoms with Crippen molar-refractivity contribution in [3.63, 3.8) is 0 Å². The molecule has 2 aliphatic rings. The van der Waals surface area contributed by atoms with Crippen molar-refractivity contribution >= 4 is 23.4 Å². The van der Waals surface area contributed by atoms with Crippen LogP contribution in [0.2, 0.25) is 5.02 Å². The Morgan fingerprint density at radius 3 is 2.36 bits per heavy atom. The van der Waals surface area contributed by atoms with E-state index in [1.165, 1.54) is 0 Å². The van der Waals surface area contributed by atoms with Gasteiger partial charge in [0.05, 0.1) is 18.8 Å². The number of ether oxygens (including phenoxy) is 2. The first-order valence-electron chi connectivity index (χ1n) is 12.7. The molecule has 0 saturated heterocycles. The van der Waals surface area contributed by atoms with E-state index in [0.29, 0.717) is 42.2 Å². The van der Waals surface area contributed by atoms with E-state index >= 15 is 0 Å². The van der Waals surface area contributed by atoms with Crippen LogP contribution in [-0.2, 0) is 14.3 Å². The minimum atomic E-state index is -0.486. The van der Waals surface area contributed by atoms with Crippen molar-refractivity contribution in [1.82, 2.24) is 5.32 Å². The molecule has 0 saturated carbocycles. The number of carbonyl (C=O) groups is 2. The lowest BCUT2D eigenvalue weighted by molar-refractivity contribution is -0.140. The van der Waals surface area contributed by atoms with E-state index in [1.807, 2.05) is 69.3 Å². The molecule has 2 aromatic carbocycles. The number of hydrogen-bond acceptors (Lipinski definition) is 5. The van der Waals surface area contributed by atoms with Crippen molar-refractivity contribution in [2.75, 3.05) is 13.2 Å². The number of benzene rings is 2. The van der Waals surface area contributed by atoms with Crippen molar-refractivity contribution < 1.29 is 19.1 Å². The molecule has 190 valence electrons. The number of nitrogens with one attached hydrogen (secondary N) is 1. The molecular weight excluding hydrogens is 474 g/mol. The average Bonchev–Trinajstić information content (AvgIpc) is 2.85. The van der Waals surface area contributed by atoms with Crippen LogP contribution >= 0.6 is 11.6 Å². The lowest BCUT2D eigenvalue weighted by atomic mass is 9.71. The fourth-order valence-corrected chi connectivity index (χ4v) is 5.04. The number of esters is 1. The summed E-state index contributed by atoms with van der Waals surface area (Å²) < 4.78 is 11.4. The van der Waals surface area contributed by atoms with Gasteiger partial charge in [-0.3, -0.25) is 4.79 Å². The van der Waals surface area contributed by atoms with Gasteiger partial charge in [-0.2, -0.15) is 0 Å². The van der Waals surface area contributed by atoms with E-state index in [2.05, 4.69) is 12.2 Å². The normalized spacial score (nSPS) is 19.8.